The number of hydrogen-bond donors (Lipinski definition) is 1. The first-order valence-corrected chi connectivity index (χ1v) is 13.8. The van der Waals surface area contributed by atoms with Crippen molar-refractivity contribution >= 4 is 39.1 Å². The van der Waals surface area contributed by atoms with Crippen molar-refractivity contribution in [3.05, 3.63) is 64.2 Å². The summed E-state index contributed by atoms with van der Waals surface area (Å²) in [7, 11) is -4.20. The SMILES string of the molecule is CC[C@@H](C(=O)NC(C)C)N(Cc1ccccc1C)C(=O)CN(c1ccc(Cl)c(C(F)(F)F)c1)S(C)(=O)=O. The quantitative estimate of drug-likeness (QED) is 0.453. The molecule has 0 aliphatic rings. The van der Waals surface area contributed by atoms with Crippen LogP contribution in [0.25, 0.3) is 0 Å². The number of carbonyl (C=O) groups is 2. The monoisotopic (exact) mass is 561 g/mol. The van der Waals surface area contributed by atoms with Crippen molar-refractivity contribution in [2.75, 3.05) is 17.1 Å². The van der Waals surface area contributed by atoms with Crippen LogP contribution in [-0.4, -0.2) is 50.0 Å². The first-order chi connectivity index (χ1) is 17.1. The summed E-state index contributed by atoms with van der Waals surface area (Å²) >= 11 is 5.69. The van der Waals surface area contributed by atoms with Gasteiger partial charge in [0.2, 0.25) is 21.8 Å². The lowest BCUT2D eigenvalue weighted by molar-refractivity contribution is -0.140. The Labute approximate surface area is 220 Å². The molecule has 1 atom stereocenters. The number of rotatable bonds is 10. The molecule has 204 valence electrons. The molecule has 0 aliphatic heterocycles. The number of halogens is 4. The van der Waals surface area contributed by atoms with Gasteiger partial charge in [0.1, 0.15) is 12.6 Å². The first-order valence-electron chi connectivity index (χ1n) is 11.5. The Balaban J connectivity index is 2.54. The molecule has 0 saturated heterocycles. The van der Waals surface area contributed by atoms with Gasteiger partial charge in [-0.05, 0) is 56.5 Å². The highest BCUT2D eigenvalue weighted by Gasteiger charge is 2.36. The van der Waals surface area contributed by atoms with Crippen LogP contribution in [0, 0.1) is 6.92 Å². The molecule has 2 aromatic rings. The number of benzene rings is 2. The number of carbonyl (C=O) groups excluding carboxylic acids is 2. The predicted octanol–water partition coefficient (Wildman–Crippen LogP) is 4.77. The van der Waals surface area contributed by atoms with E-state index in [1.807, 2.05) is 19.1 Å². The van der Waals surface area contributed by atoms with E-state index in [4.69, 9.17) is 11.6 Å². The summed E-state index contributed by atoms with van der Waals surface area (Å²) in [4.78, 5) is 27.9. The molecule has 1 N–H and O–H groups in total. The summed E-state index contributed by atoms with van der Waals surface area (Å²) in [5.41, 5.74) is -0.00862. The van der Waals surface area contributed by atoms with Crippen LogP contribution in [-0.2, 0) is 32.3 Å². The van der Waals surface area contributed by atoms with E-state index in [2.05, 4.69) is 5.32 Å². The molecular weight excluding hydrogens is 531 g/mol. The van der Waals surface area contributed by atoms with E-state index in [0.717, 1.165) is 29.5 Å². The number of nitrogens with zero attached hydrogens (tertiary/aromatic N) is 2. The molecule has 37 heavy (non-hydrogen) atoms. The van der Waals surface area contributed by atoms with Crippen LogP contribution in [0.5, 0.6) is 0 Å². The molecule has 12 heteroatoms. The Morgan fingerprint density at radius 1 is 1.11 bits per heavy atom. The maximum atomic E-state index is 13.6. The summed E-state index contributed by atoms with van der Waals surface area (Å²) in [6.07, 6.45) is -3.82. The fraction of sp³-hybridized carbons (Fsp3) is 0.440. The number of amides is 2. The van der Waals surface area contributed by atoms with Crippen LogP contribution in [0.15, 0.2) is 42.5 Å². The summed E-state index contributed by atoms with van der Waals surface area (Å²) in [6, 6.07) is 8.68. The van der Waals surface area contributed by atoms with Gasteiger partial charge in [0.25, 0.3) is 0 Å². The Kier molecular flexibility index (Phi) is 10.0. The minimum absolute atomic E-state index is 0.00154. The van der Waals surface area contributed by atoms with Crippen molar-refractivity contribution < 1.29 is 31.2 Å². The van der Waals surface area contributed by atoms with Crippen molar-refractivity contribution in [2.24, 2.45) is 0 Å². The summed E-state index contributed by atoms with van der Waals surface area (Å²) in [6.45, 7) is 6.27. The largest absolute Gasteiger partial charge is 0.417 e. The van der Waals surface area contributed by atoms with Crippen LogP contribution in [0.2, 0.25) is 5.02 Å². The predicted molar refractivity (Wildman–Crippen MR) is 138 cm³/mol. The smallest absolute Gasteiger partial charge is 0.352 e. The average molecular weight is 562 g/mol. The van der Waals surface area contributed by atoms with E-state index >= 15 is 0 Å². The molecular formula is C25H31ClF3N3O4S. The average Bonchev–Trinajstić information content (AvgIpc) is 2.77. The zero-order chi connectivity index (χ0) is 28.1. The summed E-state index contributed by atoms with van der Waals surface area (Å²) in [5, 5.41) is 2.17. The standard InChI is InChI=1S/C25H31ClF3N3O4S/c1-6-22(24(34)30-16(2)3)31(14-18-10-8-7-9-17(18)4)23(33)15-32(37(5,35)36)19-11-12-21(26)20(13-19)25(27,28)29/h7-13,16,22H,6,14-15H2,1-5H3,(H,30,34)/t22-/m0/s1. The highest BCUT2D eigenvalue weighted by molar-refractivity contribution is 7.92. The zero-order valence-corrected chi connectivity index (χ0v) is 22.8. The van der Waals surface area contributed by atoms with Crippen LogP contribution in [0.1, 0.15) is 43.9 Å². The van der Waals surface area contributed by atoms with Gasteiger partial charge in [-0.3, -0.25) is 13.9 Å². The molecule has 0 fully saturated rings. The lowest BCUT2D eigenvalue weighted by atomic mass is 10.1. The number of sulfonamides is 1. The van der Waals surface area contributed by atoms with Gasteiger partial charge >= 0.3 is 6.18 Å². The molecule has 2 rings (SSSR count). The molecule has 0 heterocycles. The van der Waals surface area contributed by atoms with Gasteiger partial charge in [-0.15, -0.1) is 0 Å². The number of aryl methyl sites for hydroxylation is 1. The van der Waals surface area contributed by atoms with Crippen molar-refractivity contribution in [1.82, 2.24) is 10.2 Å². The third-order valence-corrected chi connectivity index (χ3v) is 7.11. The van der Waals surface area contributed by atoms with E-state index in [9.17, 15) is 31.2 Å². The topological polar surface area (TPSA) is 86.8 Å². The number of hydrogen-bond acceptors (Lipinski definition) is 4. The van der Waals surface area contributed by atoms with Gasteiger partial charge in [-0.2, -0.15) is 13.2 Å². The van der Waals surface area contributed by atoms with Crippen molar-refractivity contribution in [2.45, 2.75) is 58.9 Å². The maximum Gasteiger partial charge on any atom is 0.417 e. The molecule has 0 saturated carbocycles. The third kappa shape index (κ3) is 8.10. The molecule has 7 nitrogen and oxygen atoms in total. The maximum absolute atomic E-state index is 13.6. The van der Waals surface area contributed by atoms with Crippen molar-refractivity contribution in [3.8, 4) is 0 Å². The highest BCUT2D eigenvalue weighted by Crippen LogP contribution is 2.37. The molecule has 0 spiro atoms. The summed E-state index contributed by atoms with van der Waals surface area (Å²) < 4.78 is 66.1. The Morgan fingerprint density at radius 3 is 2.24 bits per heavy atom. The minimum atomic E-state index is -4.83. The van der Waals surface area contributed by atoms with Gasteiger partial charge in [-0.1, -0.05) is 42.8 Å². The Morgan fingerprint density at radius 2 is 1.73 bits per heavy atom. The van der Waals surface area contributed by atoms with Crippen molar-refractivity contribution in [3.63, 3.8) is 0 Å². The highest BCUT2D eigenvalue weighted by atomic mass is 35.5. The van der Waals surface area contributed by atoms with Crippen LogP contribution < -0.4 is 9.62 Å². The second kappa shape index (κ2) is 12.2. The van der Waals surface area contributed by atoms with Crippen molar-refractivity contribution in [1.29, 1.82) is 0 Å². The third-order valence-electron chi connectivity index (χ3n) is 5.64. The second-order valence-electron chi connectivity index (χ2n) is 8.97. The van der Waals surface area contributed by atoms with E-state index in [-0.39, 0.29) is 24.7 Å². The van der Waals surface area contributed by atoms with Gasteiger partial charge in [0, 0.05) is 12.6 Å². The number of nitrogens with one attached hydrogen (secondary N) is 1. The molecule has 2 amide bonds. The Bertz CT molecular complexity index is 1240. The lowest BCUT2D eigenvalue weighted by Gasteiger charge is -2.33. The van der Waals surface area contributed by atoms with Gasteiger partial charge < -0.3 is 10.2 Å². The normalized spacial score (nSPS) is 12.8. The molecule has 0 aliphatic carbocycles. The van der Waals surface area contributed by atoms with Gasteiger partial charge in [0.05, 0.1) is 22.5 Å². The fourth-order valence-corrected chi connectivity index (χ4v) is 4.84. The van der Waals surface area contributed by atoms with Gasteiger partial charge in [-0.25, -0.2) is 8.42 Å². The first kappa shape index (κ1) is 30.4. The summed E-state index contributed by atoms with van der Waals surface area (Å²) in [5.74, 6) is -1.17. The van der Waals surface area contributed by atoms with Crippen LogP contribution in [0.3, 0.4) is 0 Å². The van der Waals surface area contributed by atoms with Crippen LogP contribution >= 0.6 is 11.6 Å². The molecule has 0 radical (unpaired) electrons. The van der Waals surface area contributed by atoms with Gasteiger partial charge in [0.15, 0.2) is 0 Å². The number of anilines is 1. The minimum Gasteiger partial charge on any atom is -0.352 e. The molecule has 0 aromatic heterocycles. The zero-order valence-electron chi connectivity index (χ0n) is 21.3. The van der Waals surface area contributed by atoms with E-state index < -0.39 is 51.2 Å². The Hall–Kier alpha value is -2.79. The van der Waals surface area contributed by atoms with Crippen LogP contribution in [0.4, 0.5) is 18.9 Å². The van der Waals surface area contributed by atoms with E-state index in [1.54, 1.807) is 32.9 Å². The van der Waals surface area contributed by atoms with E-state index in [0.29, 0.717) is 10.4 Å². The molecule has 2 aromatic carbocycles. The van der Waals surface area contributed by atoms with E-state index in [1.165, 1.54) is 4.90 Å². The lowest BCUT2D eigenvalue weighted by Crippen LogP contribution is -2.53. The molecule has 0 unspecified atom stereocenters. The fourth-order valence-electron chi connectivity index (χ4n) is 3.77. The second-order valence-corrected chi connectivity index (χ2v) is 11.3. The molecule has 0 bridgehead atoms. The number of alkyl halides is 3.